The Kier molecular flexibility index (Phi) is 7.06. The van der Waals surface area contributed by atoms with Gasteiger partial charge >= 0.3 is 5.97 Å². The summed E-state index contributed by atoms with van der Waals surface area (Å²) in [5.74, 6) is -0.934. The first-order valence-electron chi connectivity index (χ1n) is 10.7. The molecule has 0 aliphatic heterocycles. The summed E-state index contributed by atoms with van der Waals surface area (Å²) in [6.07, 6.45) is 0. The molecule has 3 N–H and O–H groups in total. The van der Waals surface area contributed by atoms with Crippen LogP contribution >= 0.6 is 0 Å². The van der Waals surface area contributed by atoms with Gasteiger partial charge in [-0.05, 0) is 35.6 Å². The van der Waals surface area contributed by atoms with Gasteiger partial charge in [0.15, 0.2) is 0 Å². The molecule has 0 spiro atoms. The van der Waals surface area contributed by atoms with Crippen LogP contribution in [0.15, 0.2) is 78.9 Å². The Morgan fingerprint density at radius 2 is 1.56 bits per heavy atom. The van der Waals surface area contributed by atoms with Crippen molar-refractivity contribution in [2.45, 2.75) is 39.7 Å². The van der Waals surface area contributed by atoms with Crippen molar-refractivity contribution < 1.29 is 9.90 Å². The van der Waals surface area contributed by atoms with Crippen molar-refractivity contribution >= 4 is 16.9 Å². The summed E-state index contributed by atoms with van der Waals surface area (Å²) in [5.41, 5.74) is 11.8. The number of carboxylic acids is 1. The maximum atomic E-state index is 11.6. The highest BCUT2D eigenvalue weighted by Crippen LogP contribution is 2.28. The number of carboxylic acid groups (broad SMARTS) is 1. The molecule has 4 aromatic rings. The minimum absolute atomic E-state index is 0.0849. The van der Waals surface area contributed by atoms with E-state index < -0.39 is 5.97 Å². The van der Waals surface area contributed by atoms with E-state index in [0.717, 1.165) is 5.56 Å². The lowest BCUT2D eigenvalue weighted by Crippen LogP contribution is -2.10. The minimum Gasteiger partial charge on any atom is -0.478 e. The van der Waals surface area contributed by atoms with Gasteiger partial charge in [-0.3, -0.25) is 0 Å². The number of aromatic nitrogens is 1. The molecule has 0 aliphatic rings. The van der Waals surface area contributed by atoms with Crippen LogP contribution in [0.1, 0.15) is 47.8 Å². The van der Waals surface area contributed by atoms with Crippen LogP contribution in [0.3, 0.4) is 0 Å². The molecule has 164 valence electrons. The van der Waals surface area contributed by atoms with Crippen LogP contribution in [0.2, 0.25) is 0 Å². The van der Waals surface area contributed by atoms with E-state index in [0.29, 0.717) is 23.1 Å². The predicted molar refractivity (Wildman–Crippen MR) is 132 cm³/mol. The molecule has 0 saturated carbocycles. The van der Waals surface area contributed by atoms with Gasteiger partial charge in [-0.25, -0.2) is 9.78 Å². The lowest BCUT2D eigenvalue weighted by Gasteiger charge is -2.19. The number of fused-ring (bicyclic) bond motifs is 1. The zero-order valence-corrected chi connectivity index (χ0v) is 19.1. The van der Waals surface area contributed by atoms with Gasteiger partial charge in [0.1, 0.15) is 0 Å². The van der Waals surface area contributed by atoms with Crippen LogP contribution in [0, 0.1) is 6.92 Å². The number of aromatic carboxylic acids is 1. The SMILES string of the molecule is CC(C)(C)c1ccc(-c2cc(C(=O)O)c3ccccc3n2)cc1.Cc1ccc(CN)cc1. The van der Waals surface area contributed by atoms with E-state index >= 15 is 0 Å². The molecule has 0 amide bonds. The minimum atomic E-state index is -0.934. The van der Waals surface area contributed by atoms with Gasteiger partial charge < -0.3 is 10.8 Å². The Hall–Kier alpha value is -3.50. The van der Waals surface area contributed by atoms with E-state index in [4.69, 9.17) is 5.73 Å². The van der Waals surface area contributed by atoms with Gasteiger partial charge in [0.25, 0.3) is 0 Å². The molecule has 4 heteroatoms. The van der Waals surface area contributed by atoms with Crippen molar-refractivity contribution in [2.75, 3.05) is 0 Å². The number of nitrogens with two attached hydrogens (primary N) is 1. The quantitative estimate of drug-likeness (QED) is 0.400. The van der Waals surface area contributed by atoms with E-state index in [9.17, 15) is 9.90 Å². The molecule has 0 atom stereocenters. The van der Waals surface area contributed by atoms with Gasteiger partial charge in [0.05, 0.1) is 16.8 Å². The molecule has 3 aromatic carbocycles. The lowest BCUT2D eigenvalue weighted by atomic mass is 9.86. The molecule has 0 radical (unpaired) electrons. The number of pyridine rings is 1. The van der Waals surface area contributed by atoms with E-state index in [2.05, 4.69) is 69.1 Å². The topological polar surface area (TPSA) is 76.2 Å². The Bertz CT molecular complexity index is 1210. The molecule has 0 bridgehead atoms. The number of para-hydroxylation sites is 1. The van der Waals surface area contributed by atoms with E-state index in [1.54, 1.807) is 12.1 Å². The average Bonchev–Trinajstić information content (AvgIpc) is 2.78. The zero-order valence-electron chi connectivity index (χ0n) is 19.1. The summed E-state index contributed by atoms with van der Waals surface area (Å²) in [6.45, 7) is 9.21. The standard InChI is InChI=1S/C20H19NO2.C8H11N/c1-20(2,3)14-10-8-13(9-11-14)18-12-16(19(22)23)15-6-4-5-7-17(15)21-18;1-7-2-4-8(6-9)5-3-7/h4-12H,1-3H3,(H,22,23);2-5H,6,9H2,1H3. The van der Waals surface area contributed by atoms with Gasteiger partial charge in [-0.2, -0.15) is 0 Å². The zero-order chi connectivity index (χ0) is 23.3. The van der Waals surface area contributed by atoms with Crippen LogP contribution in [0.4, 0.5) is 0 Å². The average molecular weight is 427 g/mol. The van der Waals surface area contributed by atoms with Crippen molar-refractivity contribution in [3.8, 4) is 11.3 Å². The summed E-state index contributed by atoms with van der Waals surface area (Å²) in [4.78, 5) is 16.2. The second-order valence-electron chi connectivity index (χ2n) is 8.89. The predicted octanol–water partition coefficient (Wildman–Crippen LogP) is 6.35. The highest BCUT2D eigenvalue weighted by molar-refractivity contribution is 6.03. The van der Waals surface area contributed by atoms with Gasteiger partial charge in [0, 0.05) is 17.5 Å². The van der Waals surface area contributed by atoms with Crippen LogP contribution in [-0.2, 0) is 12.0 Å². The van der Waals surface area contributed by atoms with E-state index in [-0.39, 0.29) is 11.0 Å². The fraction of sp³-hybridized carbons (Fsp3) is 0.214. The number of rotatable bonds is 3. The lowest BCUT2D eigenvalue weighted by molar-refractivity contribution is 0.0699. The molecule has 4 rings (SSSR count). The fourth-order valence-electron chi connectivity index (χ4n) is 3.37. The van der Waals surface area contributed by atoms with Gasteiger partial charge in [-0.1, -0.05) is 93.1 Å². The second-order valence-corrected chi connectivity index (χ2v) is 8.89. The summed E-state index contributed by atoms with van der Waals surface area (Å²) < 4.78 is 0. The third-order valence-corrected chi connectivity index (χ3v) is 5.35. The molecule has 1 heterocycles. The first-order valence-corrected chi connectivity index (χ1v) is 10.7. The van der Waals surface area contributed by atoms with E-state index in [1.165, 1.54) is 16.7 Å². The molecule has 4 nitrogen and oxygen atoms in total. The Balaban J connectivity index is 0.000000269. The number of benzene rings is 3. The third kappa shape index (κ3) is 5.59. The second kappa shape index (κ2) is 9.75. The highest BCUT2D eigenvalue weighted by Gasteiger charge is 2.15. The van der Waals surface area contributed by atoms with Gasteiger partial charge in [-0.15, -0.1) is 0 Å². The number of hydrogen-bond acceptors (Lipinski definition) is 3. The van der Waals surface area contributed by atoms with Crippen LogP contribution in [0.5, 0.6) is 0 Å². The fourth-order valence-corrected chi connectivity index (χ4v) is 3.37. The van der Waals surface area contributed by atoms with Crippen molar-refractivity contribution in [1.82, 2.24) is 4.98 Å². The maximum absolute atomic E-state index is 11.6. The smallest absolute Gasteiger partial charge is 0.336 e. The molecule has 0 saturated heterocycles. The van der Waals surface area contributed by atoms with E-state index in [1.807, 2.05) is 30.3 Å². The van der Waals surface area contributed by atoms with Crippen LogP contribution in [-0.4, -0.2) is 16.1 Å². The van der Waals surface area contributed by atoms with Crippen molar-refractivity contribution in [3.63, 3.8) is 0 Å². The Morgan fingerprint density at radius 1 is 0.938 bits per heavy atom. The summed E-state index contributed by atoms with van der Waals surface area (Å²) in [6, 6.07) is 25.4. The molecule has 32 heavy (non-hydrogen) atoms. The Morgan fingerprint density at radius 3 is 2.12 bits per heavy atom. The molecule has 0 unspecified atom stereocenters. The summed E-state index contributed by atoms with van der Waals surface area (Å²) in [7, 11) is 0. The normalized spacial score (nSPS) is 11.0. The first-order chi connectivity index (χ1) is 15.2. The summed E-state index contributed by atoms with van der Waals surface area (Å²) in [5, 5.41) is 10.1. The monoisotopic (exact) mass is 426 g/mol. The Labute approximate surface area is 189 Å². The molecule has 0 aliphatic carbocycles. The summed E-state index contributed by atoms with van der Waals surface area (Å²) >= 11 is 0. The molecule has 1 aromatic heterocycles. The number of hydrogen-bond donors (Lipinski definition) is 2. The van der Waals surface area contributed by atoms with Crippen molar-refractivity contribution in [2.24, 2.45) is 5.73 Å². The number of aryl methyl sites for hydroxylation is 1. The largest absolute Gasteiger partial charge is 0.478 e. The molecule has 0 fully saturated rings. The van der Waals surface area contributed by atoms with Crippen LogP contribution in [0.25, 0.3) is 22.2 Å². The first kappa shape index (κ1) is 23.2. The molecular formula is C28H30N2O2. The van der Waals surface area contributed by atoms with Gasteiger partial charge in [0.2, 0.25) is 0 Å². The number of nitrogens with zero attached hydrogens (tertiary/aromatic N) is 1. The maximum Gasteiger partial charge on any atom is 0.336 e. The van der Waals surface area contributed by atoms with Crippen molar-refractivity contribution in [1.29, 1.82) is 0 Å². The number of carbonyl (C=O) groups is 1. The highest BCUT2D eigenvalue weighted by atomic mass is 16.4. The van der Waals surface area contributed by atoms with Crippen LogP contribution < -0.4 is 5.73 Å². The third-order valence-electron chi connectivity index (χ3n) is 5.35. The van der Waals surface area contributed by atoms with Crippen molar-refractivity contribution in [3.05, 3.63) is 101 Å². The molecular weight excluding hydrogens is 396 g/mol.